The molecule has 1 aliphatic rings. The van der Waals surface area contributed by atoms with Crippen molar-refractivity contribution in [3.63, 3.8) is 0 Å². The average Bonchev–Trinajstić information content (AvgIpc) is 2.83. The van der Waals surface area contributed by atoms with Crippen LogP contribution < -0.4 is 4.90 Å². The molecule has 2 rings (SSSR count). The van der Waals surface area contributed by atoms with E-state index in [1.165, 1.54) is 25.7 Å². The lowest BCUT2D eigenvalue weighted by atomic mass is 10.1. The number of hydrogen-bond donors (Lipinski definition) is 1. The van der Waals surface area contributed by atoms with Crippen LogP contribution in [0.2, 0.25) is 5.02 Å². The predicted molar refractivity (Wildman–Crippen MR) is 73.7 cm³/mol. The van der Waals surface area contributed by atoms with Gasteiger partial charge >= 0.3 is 5.97 Å². The maximum absolute atomic E-state index is 10.9. The molecule has 1 aliphatic carbocycles. The van der Waals surface area contributed by atoms with Crippen molar-refractivity contribution in [2.24, 2.45) is 0 Å². The summed E-state index contributed by atoms with van der Waals surface area (Å²) in [5.74, 6) is -0.976. The highest BCUT2D eigenvalue weighted by Crippen LogP contribution is 2.30. The summed E-state index contributed by atoms with van der Waals surface area (Å²) in [5, 5.41) is 9.28. The van der Waals surface area contributed by atoms with E-state index in [2.05, 4.69) is 11.8 Å². The Morgan fingerprint density at radius 1 is 1.44 bits per heavy atom. The summed E-state index contributed by atoms with van der Waals surface area (Å²) < 4.78 is 0. The molecule has 1 N–H and O–H groups in total. The molecule has 0 unspecified atom stereocenters. The van der Waals surface area contributed by atoms with Crippen LogP contribution in [-0.2, 0) is 0 Å². The molecule has 4 heteroatoms. The fraction of sp³-hybridized carbons (Fsp3) is 0.500. The minimum atomic E-state index is -0.976. The largest absolute Gasteiger partial charge is 0.478 e. The lowest BCUT2D eigenvalue weighted by Gasteiger charge is -2.30. The Kier molecular flexibility index (Phi) is 4.12. The second-order valence-electron chi connectivity index (χ2n) is 4.69. The zero-order valence-corrected chi connectivity index (χ0v) is 11.3. The lowest BCUT2D eigenvalue weighted by Crippen LogP contribution is -2.32. The van der Waals surface area contributed by atoms with Gasteiger partial charge in [0.15, 0.2) is 0 Å². The number of benzene rings is 1. The zero-order valence-electron chi connectivity index (χ0n) is 10.5. The first kappa shape index (κ1) is 13.2. The van der Waals surface area contributed by atoms with Crippen molar-refractivity contribution in [2.45, 2.75) is 38.6 Å². The molecule has 1 fully saturated rings. The zero-order chi connectivity index (χ0) is 13.1. The van der Waals surface area contributed by atoms with Gasteiger partial charge in [-0.05, 0) is 38.0 Å². The minimum Gasteiger partial charge on any atom is -0.478 e. The van der Waals surface area contributed by atoms with E-state index >= 15 is 0 Å². The quantitative estimate of drug-likeness (QED) is 0.902. The van der Waals surface area contributed by atoms with E-state index in [1.54, 1.807) is 12.1 Å². The molecule has 1 aromatic rings. The third-order valence-electron chi connectivity index (χ3n) is 3.62. The molecule has 0 atom stereocenters. The summed E-state index contributed by atoms with van der Waals surface area (Å²) in [6.45, 7) is 3.05. The van der Waals surface area contributed by atoms with E-state index in [9.17, 15) is 4.79 Å². The van der Waals surface area contributed by atoms with Crippen LogP contribution in [0.15, 0.2) is 18.2 Å². The molecule has 1 saturated carbocycles. The monoisotopic (exact) mass is 267 g/mol. The van der Waals surface area contributed by atoms with Gasteiger partial charge in [-0.25, -0.2) is 4.79 Å². The van der Waals surface area contributed by atoms with Gasteiger partial charge in [0.05, 0.1) is 10.6 Å². The van der Waals surface area contributed by atoms with E-state index in [1.807, 2.05) is 6.07 Å². The van der Waals surface area contributed by atoms with Crippen LogP contribution in [-0.4, -0.2) is 23.7 Å². The summed E-state index contributed by atoms with van der Waals surface area (Å²) in [4.78, 5) is 13.3. The van der Waals surface area contributed by atoms with Gasteiger partial charge in [0.2, 0.25) is 0 Å². The molecule has 0 bridgehead atoms. The Labute approximate surface area is 112 Å². The van der Waals surface area contributed by atoms with Crippen molar-refractivity contribution in [2.75, 3.05) is 11.4 Å². The third kappa shape index (κ3) is 2.61. The van der Waals surface area contributed by atoms with Crippen LogP contribution >= 0.6 is 11.6 Å². The molecule has 0 saturated heterocycles. The van der Waals surface area contributed by atoms with Crippen LogP contribution in [0.25, 0.3) is 0 Å². The maximum atomic E-state index is 10.9. The van der Waals surface area contributed by atoms with Crippen LogP contribution in [0.5, 0.6) is 0 Å². The summed E-state index contributed by atoms with van der Waals surface area (Å²) >= 11 is 6.02. The van der Waals surface area contributed by atoms with Crippen LogP contribution in [0.4, 0.5) is 5.69 Å². The average molecular weight is 268 g/mol. The lowest BCUT2D eigenvalue weighted by molar-refractivity contribution is 0.0697. The molecule has 0 aromatic heterocycles. The number of rotatable bonds is 4. The normalized spacial score (nSPS) is 15.9. The topological polar surface area (TPSA) is 40.5 Å². The van der Waals surface area contributed by atoms with E-state index in [-0.39, 0.29) is 5.56 Å². The third-order valence-corrected chi connectivity index (χ3v) is 3.93. The highest BCUT2D eigenvalue weighted by atomic mass is 35.5. The Morgan fingerprint density at radius 2 is 2.11 bits per heavy atom. The summed E-state index contributed by atoms with van der Waals surface area (Å²) in [6, 6.07) is 5.79. The number of carboxylic acid groups (broad SMARTS) is 1. The predicted octanol–water partition coefficient (Wildman–Crippen LogP) is 3.81. The molecule has 0 amide bonds. The molecule has 3 nitrogen and oxygen atoms in total. The van der Waals surface area contributed by atoms with Crippen molar-refractivity contribution in [3.8, 4) is 0 Å². The fourth-order valence-corrected chi connectivity index (χ4v) is 2.98. The van der Waals surface area contributed by atoms with Crippen LogP contribution in [0.1, 0.15) is 43.0 Å². The summed E-state index contributed by atoms with van der Waals surface area (Å²) in [7, 11) is 0. The van der Waals surface area contributed by atoms with Gasteiger partial charge in [0.1, 0.15) is 0 Å². The number of carboxylic acids is 1. The number of anilines is 1. The molecule has 1 aromatic carbocycles. The van der Waals surface area contributed by atoms with Crippen molar-refractivity contribution in [1.29, 1.82) is 0 Å². The SMILES string of the molecule is CCN(c1ccc(C(=O)O)c(Cl)c1)C1CCCC1. The summed E-state index contributed by atoms with van der Waals surface area (Å²) in [6.07, 6.45) is 4.99. The second-order valence-corrected chi connectivity index (χ2v) is 5.10. The van der Waals surface area contributed by atoms with Gasteiger partial charge in [-0.3, -0.25) is 0 Å². The molecule has 18 heavy (non-hydrogen) atoms. The van der Waals surface area contributed by atoms with E-state index in [4.69, 9.17) is 16.7 Å². The molecule has 0 aliphatic heterocycles. The van der Waals surface area contributed by atoms with Gasteiger partial charge in [-0.1, -0.05) is 24.4 Å². The van der Waals surface area contributed by atoms with Crippen molar-refractivity contribution in [1.82, 2.24) is 0 Å². The van der Waals surface area contributed by atoms with E-state index in [0.29, 0.717) is 11.1 Å². The van der Waals surface area contributed by atoms with E-state index < -0.39 is 5.97 Å². The van der Waals surface area contributed by atoms with Gasteiger partial charge in [0, 0.05) is 18.3 Å². The first-order valence-electron chi connectivity index (χ1n) is 6.43. The molecular weight excluding hydrogens is 250 g/mol. The van der Waals surface area contributed by atoms with Gasteiger partial charge < -0.3 is 10.0 Å². The first-order chi connectivity index (χ1) is 8.63. The first-order valence-corrected chi connectivity index (χ1v) is 6.80. The van der Waals surface area contributed by atoms with E-state index in [0.717, 1.165) is 12.2 Å². The Balaban J connectivity index is 2.26. The number of hydrogen-bond acceptors (Lipinski definition) is 2. The highest BCUT2D eigenvalue weighted by molar-refractivity contribution is 6.33. The molecular formula is C14H18ClNO2. The molecule has 0 spiro atoms. The highest BCUT2D eigenvalue weighted by Gasteiger charge is 2.22. The van der Waals surface area contributed by atoms with Gasteiger partial charge in [0.25, 0.3) is 0 Å². The van der Waals surface area contributed by atoms with Crippen LogP contribution in [0, 0.1) is 0 Å². The Bertz CT molecular complexity index is 441. The van der Waals surface area contributed by atoms with Crippen LogP contribution in [0.3, 0.4) is 0 Å². The van der Waals surface area contributed by atoms with Crippen molar-refractivity contribution < 1.29 is 9.90 Å². The molecule has 0 radical (unpaired) electrons. The van der Waals surface area contributed by atoms with Gasteiger partial charge in [-0.15, -0.1) is 0 Å². The minimum absolute atomic E-state index is 0.169. The Hall–Kier alpha value is -1.22. The second kappa shape index (κ2) is 5.61. The van der Waals surface area contributed by atoms with Crippen molar-refractivity contribution >= 4 is 23.3 Å². The number of nitrogens with zero attached hydrogens (tertiary/aromatic N) is 1. The summed E-state index contributed by atoms with van der Waals surface area (Å²) in [5.41, 5.74) is 1.20. The molecule has 0 heterocycles. The Morgan fingerprint density at radius 3 is 2.61 bits per heavy atom. The maximum Gasteiger partial charge on any atom is 0.337 e. The van der Waals surface area contributed by atoms with Crippen molar-refractivity contribution in [3.05, 3.63) is 28.8 Å². The number of aromatic carboxylic acids is 1. The smallest absolute Gasteiger partial charge is 0.337 e. The fourth-order valence-electron chi connectivity index (χ4n) is 2.72. The number of carbonyl (C=O) groups is 1. The number of halogens is 1. The molecule has 98 valence electrons. The van der Waals surface area contributed by atoms with Gasteiger partial charge in [-0.2, -0.15) is 0 Å². The standard InChI is InChI=1S/C14H18ClNO2/c1-2-16(10-5-3-4-6-10)11-7-8-12(14(17)18)13(15)9-11/h7-10H,2-6H2,1H3,(H,17,18).